The first-order valence-electron chi connectivity index (χ1n) is 5.29. The molecule has 0 aliphatic heterocycles. The van der Waals surface area contributed by atoms with Crippen LogP contribution in [-0.4, -0.2) is 15.6 Å². The van der Waals surface area contributed by atoms with E-state index in [1.54, 1.807) is 24.3 Å². The van der Waals surface area contributed by atoms with Crippen LogP contribution in [0.25, 0.3) is 10.8 Å². The molecule has 0 aliphatic carbocycles. The standard InChI is InChI=1S/C13H10N2O3/c1-8-2-3-10-9(6-8)7-11(13(17)18)15(5-4-14)12(10)16/h2-3,6-7H,5H2,1H3,(H,17,18). The third kappa shape index (κ3) is 1.84. The van der Waals surface area contributed by atoms with Crippen molar-refractivity contribution >= 4 is 16.7 Å². The van der Waals surface area contributed by atoms with Gasteiger partial charge in [-0.25, -0.2) is 4.79 Å². The molecule has 0 bridgehead atoms. The highest BCUT2D eigenvalue weighted by atomic mass is 16.4. The van der Waals surface area contributed by atoms with Crippen LogP contribution in [0, 0.1) is 18.3 Å². The van der Waals surface area contributed by atoms with E-state index in [-0.39, 0.29) is 12.2 Å². The fourth-order valence-electron chi connectivity index (χ4n) is 1.88. The average Bonchev–Trinajstić information content (AvgIpc) is 2.32. The molecule has 1 aromatic heterocycles. The van der Waals surface area contributed by atoms with Crippen molar-refractivity contribution in [3.8, 4) is 6.07 Å². The van der Waals surface area contributed by atoms with Crippen molar-refractivity contribution in [3.05, 3.63) is 45.9 Å². The number of aromatic nitrogens is 1. The van der Waals surface area contributed by atoms with Crippen LogP contribution in [-0.2, 0) is 6.54 Å². The summed E-state index contributed by atoms with van der Waals surface area (Å²) in [4.78, 5) is 23.2. The second-order valence-corrected chi connectivity index (χ2v) is 3.97. The van der Waals surface area contributed by atoms with Crippen molar-refractivity contribution in [1.29, 1.82) is 5.26 Å². The van der Waals surface area contributed by atoms with Crippen LogP contribution in [0.2, 0.25) is 0 Å². The maximum absolute atomic E-state index is 12.1. The molecule has 1 heterocycles. The van der Waals surface area contributed by atoms with E-state index >= 15 is 0 Å². The summed E-state index contributed by atoms with van der Waals surface area (Å²) in [6.45, 7) is 1.59. The van der Waals surface area contributed by atoms with Crippen LogP contribution in [0.1, 0.15) is 16.1 Å². The molecular formula is C13H10N2O3. The van der Waals surface area contributed by atoms with Gasteiger partial charge in [0.15, 0.2) is 0 Å². The quantitative estimate of drug-likeness (QED) is 0.865. The highest BCUT2D eigenvalue weighted by molar-refractivity contribution is 5.92. The van der Waals surface area contributed by atoms with Crippen LogP contribution in [0.15, 0.2) is 29.1 Å². The lowest BCUT2D eigenvalue weighted by Crippen LogP contribution is -2.25. The minimum Gasteiger partial charge on any atom is -0.477 e. The summed E-state index contributed by atoms with van der Waals surface area (Å²) in [6.07, 6.45) is 0. The van der Waals surface area contributed by atoms with Crippen molar-refractivity contribution in [3.63, 3.8) is 0 Å². The smallest absolute Gasteiger partial charge is 0.352 e. The van der Waals surface area contributed by atoms with E-state index in [1.165, 1.54) is 6.07 Å². The fraction of sp³-hybridized carbons (Fsp3) is 0.154. The molecule has 0 radical (unpaired) electrons. The molecule has 2 aromatic rings. The highest BCUT2D eigenvalue weighted by Gasteiger charge is 2.14. The van der Waals surface area contributed by atoms with Gasteiger partial charge in [-0.15, -0.1) is 0 Å². The summed E-state index contributed by atoms with van der Waals surface area (Å²) in [5, 5.41) is 18.7. The van der Waals surface area contributed by atoms with E-state index in [0.29, 0.717) is 10.8 Å². The molecule has 0 saturated carbocycles. The zero-order valence-corrected chi connectivity index (χ0v) is 9.67. The molecule has 0 aliphatic rings. The van der Waals surface area contributed by atoms with E-state index in [4.69, 9.17) is 10.4 Å². The molecule has 0 unspecified atom stereocenters. The Morgan fingerprint density at radius 2 is 2.17 bits per heavy atom. The van der Waals surface area contributed by atoms with Crippen LogP contribution in [0.3, 0.4) is 0 Å². The Hall–Kier alpha value is -2.61. The second-order valence-electron chi connectivity index (χ2n) is 3.97. The SMILES string of the molecule is Cc1ccc2c(=O)n(CC#N)c(C(=O)O)cc2c1. The molecule has 0 spiro atoms. The van der Waals surface area contributed by atoms with Gasteiger partial charge in [-0.2, -0.15) is 5.26 Å². The number of carboxylic acids is 1. The van der Waals surface area contributed by atoms with Gasteiger partial charge in [-0.3, -0.25) is 9.36 Å². The van der Waals surface area contributed by atoms with E-state index in [0.717, 1.165) is 10.1 Å². The number of nitriles is 1. The number of hydrogen-bond donors (Lipinski definition) is 1. The summed E-state index contributed by atoms with van der Waals surface area (Å²) in [5.74, 6) is -1.22. The summed E-state index contributed by atoms with van der Waals surface area (Å²) < 4.78 is 0.972. The van der Waals surface area contributed by atoms with Crippen molar-refractivity contribution in [1.82, 2.24) is 4.57 Å². The molecule has 5 nitrogen and oxygen atoms in total. The second kappa shape index (κ2) is 4.34. The number of pyridine rings is 1. The van der Waals surface area contributed by atoms with Gasteiger partial charge in [0.2, 0.25) is 0 Å². The Balaban J connectivity index is 2.90. The van der Waals surface area contributed by atoms with Crippen molar-refractivity contribution < 1.29 is 9.90 Å². The number of carboxylic acid groups (broad SMARTS) is 1. The lowest BCUT2D eigenvalue weighted by atomic mass is 10.1. The van der Waals surface area contributed by atoms with Crippen LogP contribution < -0.4 is 5.56 Å². The molecule has 5 heteroatoms. The Kier molecular flexibility index (Phi) is 2.86. The Morgan fingerprint density at radius 1 is 1.44 bits per heavy atom. The zero-order chi connectivity index (χ0) is 13.3. The lowest BCUT2D eigenvalue weighted by molar-refractivity contribution is 0.0684. The summed E-state index contributed by atoms with van der Waals surface area (Å²) >= 11 is 0. The predicted octanol–water partition coefficient (Wildman–Crippen LogP) is 1.53. The van der Waals surface area contributed by atoms with E-state index in [9.17, 15) is 9.59 Å². The summed E-state index contributed by atoms with van der Waals surface area (Å²) in [6, 6.07) is 8.39. The van der Waals surface area contributed by atoms with Gasteiger partial charge < -0.3 is 5.11 Å². The molecule has 18 heavy (non-hydrogen) atoms. The maximum atomic E-state index is 12.1. The van der Waals surface area contributed by atoms with Gasteiger partial charge in [-0.1, -0.05) is 17.7 Å². The summed E-state index contributed by atoms with van der Waals surface area (Å²) in [7, 11) is 0. The van der Waals surface area contributed by atoms with Gasteiger partial charge in [-0.05, 0) is 24.4 Å². The topological polar surface area (TPSA) is 83.1 Å². The number of benzene rings is 1. The minimum absolute atomic E-state index is 0.167. The largest absolute Gasteiger partial charge is 0.477 e. The van der Waals surface area contributed by atoms with Crippen molar-refractivity contribution in [2.75, 3.05) is 0 Å². The molecule has 1 N–H and O–H groups in total. The van der Waals surface area contributed by atoms with Gasteiger partial charge >= 0.3 is 5.97 Å². The number of aromatic carboxylic acids is 1. The van der Waals surface area contributed by atoms with Crippen LogP contribution in [0.4, 0.5) is 0 Å². The molecule has 2 rings (SSSR count). The van der Waals surface area contributed by atoms with Crippen LogP contribution in [0.5, 0.6) is 0 Å². The third-order valence-corrected chi connectivity index (χ3v) is 2.71. The highest BCUT2D eigenvalue weighted by Crippen LogP contribution is 2.14. The lowest BCUT2D eigenvalue weighted by Gasteiger charge is -2.08. The Labute approximate surface area is 103 Å². The van der Waals surface area contributed by atoms with Crippen LogP contribution >= 0.6 is 0 Å². The number of nitrogens with zero attached hydrogens (tertiary/aromatic N) is 2. The summed E-state index contributed by atoms with van der Waals surface area (Å²) in [5.41, 5.74) is 0.322. The van der Waals surface area contributed by atoms with E-state index in [1.807, 2.05) is 6.92 Å². The first-order valence-corrected chi connectivity index (χ1v) is 5.29. The molecule has 0 saturated heterocycles. The molecule has 0 amide bonds. The Bertz CT molecular complexity index is 738. The molecule has 1 aromatic carbocycles. The van der Waals surface area contributed by atoms with Crippen molar-refractivity contribution in [2.24, 2.45) is 0 Å². The van der Waals surface area contributed by atoms with E-state index in [2.05, 4.69) is 0 Å². The monoisotopic (exact) mass is 242 g/mol. The number of rotatable bonds is 2. The molecule has 0 atom stereocenters. The number of fused-ring (bicyclic) bond motifs is 1. The number of carbonyl (C=O) groups is 1. The number of hydrogen-bond acceptors (Lipinski definition) is 3. The number of aryl methyl sites for hydroxylation is 1. The van der Waals surface area contributed by atoms with Crippen molar-refractivity contribution in [2.45, 2.75) is 13.5 Å². The van der Waals surface area contributed by atoms with Gasteiger partial charge in [0.25, 0.3) is 5.56 Å². The Morgan fingerprint density at radius 3 is 2.78 bits per heavy atom. The zero-order valence-electron chi connectivity index (χ0n) is 9.67. The molecule has 90 valence electrons. The fourth-order valence-corrected chi connectivity index (χ4v) is 1.88. The third-order valence-electron chi connectivity index (χ3n) is 2.71. The minimum atomic E-state index is -1.22. The maximum Gasteiger partial charge on any atom is 0.352 e. The first kappa shape index (κ1) is 11.9. The first-order chi connectivity index (χ1) is 8.54. The molecular weight excluding hydrogens is 232 g/mol. The van der Waals surface area contributed by atoms with Gasteiger partial charge in [0, 0.05) is 5.39 Å². The van der Waals surface area contributed by atoms with Gasteiger partial charge in [0.05, 0.1) is 6.07 Å². The average molecular weight is 242 g/mol. The van der Waals surface area contributed by atoms with E-state index < -0.39 is 11.5 Å². The predicted molar refractivity (Wildman–Crippen MR) is 65.5 cm³/mol. The normalized spacial score (nSPS) is 10.2. The van der Waals surface area contributed by atoms with Gasteiger partial charge in [0.1, 0.15) is 12.2 Å². The molecule has 0 fully saturated rings.